The van der Waals surface area contributed by atoms with Crippen molar-refractivity contribution >= 4 is 18.0 Å². The second kappa shape index (κ2) is 10.8. The van der Waals surface area contributed by atoms with Gasteiger partial charge in [0, 0.05) is 59.4 Å². The maximum absolute atomic E-state index is 12.1. The average molecular weight is 425 g/mol. The zero-order chi connectivity index (χ0) is 22.3. The summed E-state index contributed by atoms with van der Waals surface area (Å²) in [5.74, 6) is 1.24. The van der Waals surface area contributed by atoms with Gasteiger partial charge in [-0.1, -0.05) is 6.92 Å². The van der Waals surface area contributed by atoms with E-state index < -0.39 is 5.60 Å². The zero-order valence-electron chi connectivity index (χ0n) is 19.5. The molecule has 1 atom stereocenters. The molecule has 2 amide bonds. The van der Waals surface area contributed by atoms with Crippen LogP contribution in [0.3, 0.4) is 0 Å². The van der Waals surface area contributed by atoms with Crippen LogP contribution in [0.5, 0.6) is 0 Å². The van der Waals surface area contributed by atoms with Gasteiger partial charge in [0.1, 0.15) is 5.60 Å². The van der Waals surface area contributed by atoms with Crippen molar-refractivity contribution in [1.82, 2.24) is 25.3 Å². The molecular formula is C21H40N6O3. The molecule has 0 aromatic rings. The highest BCUT2D eigenvalue weighted by molar-refractivity contribution is 5.80. The summed E-state index contributed by atoms with van der Waals surface area (Å²) in [6.45, 7) is 12.8. The molecule has 1 aliphatic carbocycles. The van der Waals surface area contributed by atoms with E-state index in [1.165, 1.54) is 0 Å². The fourth-order valence-corrected chi connectivity index (χ4v) is 3.37. The van der Waals surface area contributed by atoms with Crippen LogP contribution in [0.15, 0.2) is 4.99 Å². The van der Waals surface area contributed by atoms with Gasteiger partial charge in [0.25, 0.3) is 0 Å². The number of amides is 2. The number of piperazine rings is 1. The Morgan fingerprint density at radius 1 is 1.20 bits per heavy atom. The molecule has 1 saturated carbocycles. The molecule has 2 N–H and O–H groups in total. The molecule has 0 radical (unpaired) electrons. The van der Waals surface area contributed by atoms with Gasteiger partial charge < -0.3 is 25.2 Å². The summed E-state index contributed by atoms with van der Waals surface area (Å²) < 4.78 is 5.41. The fourth-order valence-electron chi connectivity index (χ4n) is 3.37. The van der Waals surface area contributed by atoms with Gasteiger partial charge in [-0.05, 0) is 39.5 Å². The molecule has 2 aliphatic rings. The van der Waals surface area contributed by atoms with E-state index in [9.17, 15) is 9.59 Å². The Morgan fingerprint density at radius 2 is 1.83 bits per heavy atom. The quantitative estimate of drug-likeness (QED) is 0.467. The molecule has 1 saturated heterocycles. The molecule has 2 rings (SSSR count). The Labute approximate surface area is 181 Å². The van der Waals surface area contributed by atoms with Gasteiger partial charge in [0.15, 0.2) is 5.96 Å². The summed E-state index contributed by atoms with van der Waals surface area (Å²) in [6, 6.07) is 0.415. The largest absolute Gasteiger partial charge is 0.444 e. The number of hydrogen-bond donors (Lipinski definition) is 2. The topological polar surface area (TPSA) is 89.5 Å². The van der Waals surface area contributed by atoms with Gasteiger partial charge in [-0.3, -0.25) is 14.7 Å². The Bertz CT molecular complexity index is 606. The summed E-state index contributed by atoms with van der Waals surface area (Å²) >= 11 is 0. The third-order valence-corrected chi connectivity index (χ3v) is 5.09. The zero-order valence-corrected chi connectivity index (χ0v) is 19.5. The van der Waals surface area contributed by atoms with Crippen LogP contribution in [0.25, 0.3) is 0 Å². The second-order valence-electron chi connectivity index (χ2n) is 9.50. The van der Waals surface area contributed by atoms with Gasteiger partial charge in [-0.2, -0.15) is 0 Å². The second-order valence-corrected chi connectivity index (χ2v) is 9.50. The van der Waals surface area contributed by atoms with Crippen molar-refractivity contribution < 1.29 is 14.3 Å². The Kier molecular flexibility index (Phi) is 8.76. The van der Waals surface area contributed by atoms with E-state index in [1.807, 2.05) is 20.8 Å². The monoisotopic (exact) mass is 424 g/mol. The molecule has 9 nitrogen and oxygen atoms in total. The number of hydrogen-bond acceptors (Lipinski definition) is 5. The highest BCUT2D eigenvalue weighted by atomic mass is 16.6. The summed E-state index contributed by atoms with van der Waals surface area (Å²) in [7, 11) is 3.55. The van der Waals surface area contributed by atoms with E-state index in [0.717, 1.165) is 45.0 Å². The lowest BCUT2D eigenvalue weighted by atomic mass is 10.1. The van der Waals surface area contributed by atoms with Crippen LogP contribution in [-0.4, -0.2) is 104 Å². The number of nitrogens with one attached hydrogen (secondary N) is 2. The minimum Gasteiger partial charge on any atom is -0.444 e. The smallest absolute Gasteiger partial charge is 0.410 e. The molecule has 9 heteroatoms. The van der Waals surface area contributed by atoms with E-state index in [-0.39, 0.29) is 17.9 Å². The molecule has 0 bridgehead atoms. The van der Waals surface area contributed by atoms with Crippen molar-refractivity contribution in [2.24, 2.45) is 10.9 Å². The molecule has 1 unspecified atom stereocenters. The molecule has 0 spiro atoms. The number of guanidine groups is 1. The number of ether oxygens (including phenoxy) is 1. The molecule has 0 aromatic heterocycles. The van der Waals surface area contributed by atoms with Crippen molar-refractivity contribution in [2.45, 2.75) is 52.2 Å². The SMILES string of the molecule is CN=C(NCC(C)CN(C)C(=O)OC(C)(C)C)N1CCN(CC(=O)NC2CC2)CC1. The van der Waals surface area contributed by atoms with Crippen molar-refractivity contribution in [1.29, 1.82) is 0 Å². The Balaban J connectivity index is 1.68. The third-order valence-electron chi connectivity index (χ3n) is 5.09. The standard InChI is InChI=1S/C21H40N6O3/c1-16(14-25(6)20(29)30-21(2,3)4)13-23-19(22-5)27-11-9-26(10-12-27)15-18(28)24-17-7-8-17/h16-17H,7-15H2,1-6H3,(H,22,23)(H,24,28). The molecule has 1 heterocycles. The van der Waals surface area contributed by atoms with E-state index in [2.05, 4.69) is 32.3 Å². The van der Waals surface area contributed by atoms with Crippen LogP contribution in [0, 0.1) is 5.92 Å². The highest BCUT2D eigenvalue weighted by Crippen LogP contribution is 2.18. The lowest BCUT2D eigenvalue weighted by Crippen LogP contribution is -2.54. The number of rotatable bonds is 7. The summed E-state index contributed by atoms with van der Waals surface area (Å²) in [6.07, 6.45) is 1.93. The minimum absolute atomic E-state index is 0.136. The highest BCUT2D eigenvalue weighted by Gasteiger charge is 2.26. The first-order chi connectivity index (χ1) is 14.1. The fraction of sp³-hybridized carbons (Fsp3) is 0.857. The number of aliphatic imine (C=N–C) groups is 1. The van der Waals surface area contributed by atoms with E-state index in [4.69, 9.17) is 4.74 Å². The predicted molar refractivity (Wildman–Crippen MR) is 119 cm³/mol. The van der Waals surface area contributed by atoms with Crippen molar-refractivity contribution in [2.75, 3.05) is 59.9 Å². The van der Waals surface area contributed by atoms with Crippen LogP contribution in [-0.2, 0) is 9.53 Å². The molecule has 0 aromatic carbocycles. The Morgan fingerprint density at radius 3 is 2.37 bits per heavy atom. The van der Waals surface area contributed by atoms with Crippen LogP contribution in [0.4, 0.5) is 4.79 Å². The van der Waals surface area contributed by atoms with Crippen LogP contribution in [0.1, 0.15) is 40.5 Å². The molecule has 30 heavy (non-hydrogen) atoms. The number of nitrogens with zero attached hydrogens (tertiary/aromatic N) is 4. The average Bonchev–Trinajstić information content (AvgIpc) is 3.45. The predicted octanol–water partition coefficient (Wildman–Crippen LogP) is 0.961. The van der Waals surface area contributed by atoms with Gasteiger partial charge in [-0.25, -0.2) is 4.79 Å². The van der Waals surface area contributed by atoms with Crippen LogP contribution in [0.2, 0.25) is 0 Å². The number of carbonyl (C=O) groups is 2. The molecule has 172 valence electrons. The van der Waals surface area contributed by atoms with Crippen molar-refractivity contribution in [3.8, 4) is 0 Å². The maximum Gasteiger partial charge on any atom is 0.410 e. The number of carbonyl (C=O) groups excluding carboxylic acids is 2. The molecular weight excluding hydrogens is 384 g/mol. The van der Waals surface area contributed by atoms with Crippen LogP contribution >= 0.6 is 0 Å². The lowest BCUT2D eigenvalue weighted by Gasteiger charge is -2.36. The summed E-state index contributed by atoms with van der Waals surface area (Å²) in [4.78, 5) is 34.5. The minimum atomic E-state index is -0.490. The first kappa shape index (κ1) is 24.2. The van der Waals surface area contributed by atoms with Gasteiger partial charge in [0.2, 0.25) is 5.91 Å². The first-order valence-corrected chi connectivity index (χ1v) is 11.0. The Hall–Kier alpha value is -2.03. The summed E-state index contributed by atoms with van der Waals surface area (Å²) in [5.41, 5.74) is -0.490. The molecule has 1 aliphatic heterocycles. The third kappa shape index (κ3) is 8.77. The van der Waals surface area contributed by atoms with Crippen molar-refractivity contribution in [3.63, 3.8) is 0 Å². The van der Waals surface area contributed by atoms with E-state index in [1.54, 1.807) is 19.0 Å². The van der Waals surface area contributed by atoms with Gasteiger partial charge >= 0.3 is 6.09 Å². The van der Waals surface area contributed by atoms with E-state index >= 15 is 0 Å². The van der Waals surface area contributed by atoms with Gasteiger partial charge in [-0.15, -0.1) is 0 Å². The normalized spacial score (nSPS) is 19.3. The lowest BCUT2D eigenvalue weighted by molar-refractivity contribution is -0.122. The maximum atomic E-state index is 12.1. The summed E-state index contributed by atoms with van der Waals surface area (Å²) in [5, 5.41) is 6.47. The van der Waals surface area contributed by atoms with E-state index in [0.29, 0.717) is 25.7 Å². The van der Waals surface area contributed by atoms with Crippen molar-refractivity contribution in [3.05, 3.63) is 0 Å². The van der Waals surface area contributed by atoms with Crippen LogP contribution < -0.4 is 10.6 Å². The van der Waals surface area contributed by atoms with Gasteiger partial charge in [0.05, 0.1) is 6.54 Å². The molecule has 2 fully saturated rings. The first-order valence-electron chi connectivity index (χ1n) is 11.0.